The molecular weight excluding hydrogens is 433 g/mol. The predicted octanol–water partition coefficient (Wildman–Crippen LogP) is 2.30. The summed E-state index contributed by atoms with van der Waals surface area (Å²) in [5.41, 5.74) is -0.0911. The molecule has 1 aliphatic carbocycles. The van der Waals surface area contributed by atoms with E-state index < -0.39 is 0 Å². The summed E-state index contributed by atoms with van der Waals surface area (Å²) >= 11 is 0. The van der Waals surface area contributed by atoms with Gasteiger partial charge in [-0.2, -0.15) is 0 Å². The highest BCUT2D eigenvalue weighted by Crippen LogP contribution is 2.36. The summed E-state index contributed by atoms with van der Waals surface area (Å²) in [5.74, 6) is 0.834. The molecule has 7 heteroatoms. The normalized spacial score (nSPS) is 30.0. The number of rotatable bonds is 8. The number of aliphatic imine (C=N–C) groups is 1. The molecular formula is C18H36IN3O3. The SMILES string of the molecule is CCNC(=NCC1(C)CCCCC1O)NCCCOC1CCOC1.I. The highest BCUT2D eigenvalue weighted by Gasteiger charge is 2.35. The molecule has 25 heavy (non-hydrogen) atoms. The summed E-state index contributed by atoms with van der Waals surface area (Å²) in [7, 11) is 0. The van der Waals surface area contributed by atoms with Gasteiger partial charge < -0.3 is 25.2 Å². The summed E-state index contributed by atoms with van der Waals surface area (Å²) in [6, 6.07) is 0. The molecule has 0 amide bonds. The van der Waals surface area contributed by atoms with E-state index in [0.717, 1.165) is 71.0 Å². The molecule has 2 aliphatic rings. The van der Waals surface area contributed by atoms with Crippen LogP contribution in [0.3, 0.4) is 0 Å². The van der Waals surface area contributed by atoms with Crippen LogP contribution in [0.15, 0.2) is 4.99 Å². The molecule has 0 aromatic carbocycles. The summed E-state index contributed by atoms with van der Waals surface area (Å²) in [4.78, 5) is 4.71. The summed E-state index contributed by atoms with van der Waals surface area (Å²) in [6.45, 7) is 8.86. The molecule has 2 fully saturated rings. The highest BCUT2D eigenvalue weighted by atomic mass is 127. The van der Waals surface area contributed by atoms with E-state index in [1.807, 2.05) is 0 Å². The van der Waals surface area contributed by atoms with E-state index >= 15 is 0 Å². The second-order valence-electron chi connectivity index (χ2n) is 7.25. The Morgan fingerprint density at radius 1 is 1.32 bits per heavy atom. The number of aliphatic hydroxyl groups is 1. The van der Waals surface area contributed by atoms with Crippen molar-refractivity contribution in [1.29, 1.82) is 0 Å². The lowest BCUT2D eigenvalue weighted by molar-refractivity contribution is 0.00716. The maximum Gasteiger partial charge on any atom is 0.191 e. The number of halogens is 1. The van der Waals surface area contributed by atoms with Gasteiger partial charge in [-0.25, -0.2) is 0 Å². The third-order valence-corrected chi connectivity index (χ3v) is 5.08. The van der Waals surface area contributed by atoms with Gasteiger partial charge in [-0.3, -0.25) is 4.99 Å². The molecule has 6 nitrogen and oxygen atoms in total. The van der Waals surface area contributed by atoms with Crippen molar-refractivity contribution in [2.75, 3.05) is 39.5 Å². The average Bonchev–Trinajstić information content (AvgIpc) is 3.08. The van der Waals surface area contributed by atoms with E-state index in [1.165, 1.54) is 6.42 Å². The van der Waals surface area contributed by atoms with Gasteiger partial charge in [-0.1, -0.05) is 19.8 Å². The summed E-state index contributed by atoms with van der Waals surface area (Å²) in [6.07, 6.45) is 6.27. The first-order valence-electron chi connectivity index (χ1n) is 9.53. The van der Waals surface area contributed by atoms with Crippen molar-refractivity contribution in [2.45, 2.75) is 64.6 Å². The zero-order valence-corrected chi connectivity index (χ0v) is 18.1. The number of aliphatic hydroxyl groups excluding tert-OH is 1. The van der Waals surface area contributed by atoms with Crippen molar-refractivity contribution in [3.63, 3.8) is 0 Å². The fourth-order valence-electron chi connectivity index (χ4n) is 3.34. The van der Waals surface area contributed by atoms with E-state index in [1.54, 1.807) is 0 Å². The lowest BCUT2D eigenvalue weighted by Crippen LogP contribution is -2.42. The molecule has 3 N–H and O–H groups in total. The van der Waals surface area contributed by atoms with Gasteiger partial charge in [0.25, 0.3) is 0 Å². The standard InChI is InChI=1S/C18H35N3O3.HI/c1-3-19-17(20-10-6-11-24-15-8-12-23-13-15)21-14-18(2)9-5-4-7-16(18)22;/h15-16,22H,3-14H2,1-2H3,(H2,19,20,21);1H. The Labute approximate surface area is 169 Å². The van der Waals surface area contributed by atoms with Gasteiger partial charge in [0, 0.05) is 31.7 Å². The Balaban J connectivity index is 0.00000312. The topological polar surface area (TPSA) is 75.1 Å². The number of ether oxygens (including phenoxy) is 2. The van der Waals surface area contributed by atoms with Crippen LogP contribution in [0.4, 0.5) is 0 Å². The third kappa shape index (κ3) is 7.97. The molecule has 0 radical (unpaired) electrons. The molecule has 0 bridgehead atoms. The van der Waals surface area contributed by atoms with Crippen LogP contribution in [-0.4, -0.2) is 62.7 Å². The van der Waals surface area contributed by atoms with Crippen molar-refractivity contribution < 1.29 is 14.6 Å². The number of nitrogens with zero attached hydrogens (tertiary/aromatic N) is 1. The summed E-state index contributed by atoms with van der Waals surface area (Å²) in [5, 5.41) is 16.9. The van der Waals surface area contributed by atoms with Crippen LogP contribution in [0.1, 0.15) is 52.4 Å². The van der Waals surface area contributed by atoms with Crippen LogP contribution in [0.5, 0.6) is 0 Å². The zero-order valence-electron chi connectivity index (χ0n) is 15.8. The third-order valence-electron chi connectivity index (χ3n) is 5.08. The second-order valence-corrected chi connectivity index (χ2v) is 7.25. The Bertz CT molecular complexity index is 392. The van der Waals surface area contributed by atoms with Crippen LogP contribution in [0.2, 0.25) is 0 Å². The van der Waals surface area contributed by atoms with Gasteiger partial charge in [-0.15, -0.1) is 24.0 Å². The molecule has 2 rings (SSSR count). The summed E-state index contributed by atoms with van der Waals surface area (Å²) < 4.78 is 11.1. The number of guanidine groups is 1. The quantitative estimate of drug-likeness (QED) is 0.220. The van der Waals surface area contributed by atoms with Gasteiger partial charge >= 0.3 is 0 Å². The van der Waals surface area contributed by atoms with Gasteiger partial charge in [0.1, 0.15) is 0 Å². The predicted molar refractivity (Wildman–Crippen MR) is 112 cm³/mol. The lowest BCUT2D eigenvalue weighted by Gasteiger charge is -2.37. The molecule has 1 saturated carbocycles. The van der Waals surface area contributed by atoms with E-state index in [0.29, 0.717) is 6.54 Å². The largest absolute Gasteiger partial charge is 0.392 e. The number of hydrogen-bond donors (Lipinski definition) is 3. The fraction of sp³-hybridized carbons (Fsp3) is 0.944. The average molecular weight is 469 g/mol. The minimum Gasteiger partial charge on any atom is -0.392 e. The molecule has 3 unspecified atom stereocenters. The van der Waals surface area contributed by atoms with Crippen molar-refractivity contribution >= 4 is 29.9 Å². The minimum absolute atomic E-state index is 0. The van der Waals surface area contributed by atoms with Crippen LogP contribution in [0, 0.1) is 5.41 Å². The van der Waals surface area contributed by atoms with Crippen molar-refractivity contribution in [3.8, 4) is 0 Å². The Hall–Kier alpha value is -0.120. The molecule has 1 aliphatic heterocycles. The molecule has 1 heterocycles. The number of nitrogens with one attached hydrogen (secondary N) is 2. The van der Waals surface area contributed by atoms with Crippen molar-refractivity contribution in [1.82, 2.24) is 10.6 Å². The molecule has 148 valence electrons. The molecule has 0 aromatic heterocycles. The van der Waals surface area contributed by atoms with Gasteiger partial charge in [0.15, 0.2) is 5.96 Å². The van der Waals surface area contributed by atoms with Gasteiger partial charge in [-0.05, 0) is 32.6 Å². The lowest BCUT2D eigenvalue weighted by atomic mass is 9.73. The maximum atomic E-state index is 10.3. The molecule has 3 atom stereocenters. The molecule has 1 saturated heterocycles. The zero-order chi connectivity index (χ0) is 17.3. The molecule has 0 aromatic rings. The first-order chi connectivity index (χ1) is 11.6. The Morgan fingerprint density at radius 2 is 2.16 bits per heavy atom. The number of hydrogen-bond acceptors (Lipinski definition) is 4. The fourth-order valence-corrected chi connectivity index (χ4v) is 3.34. The van der Waals surface area contributed by atoms with Crippen LogP contribution >= 0.6 is 24.0 Å². The van der Waals surface area contributed by atoms with Gasteiger partial charge in [0.2, 0.25) is 0 Å². The first-order valence-corrected chi connectivity index (χ1v) is 9.53. The van der Waals surface area contributed by atoms with Crippen LogP contribution < -0.4 is 10.6 Å². The van der Waals surface area contributed by atoms with E-state index in [9.17, 15) is 5.11 Å². The maximum absolute atomic E-state index is 10.3. The highest BCUT2D eigenvalue weighted by molar-refractivity contribution is 14.0. The smallest absolute Gasteiger partial charge is 0.191 e. The van der Waals surface area contributed by atoms with Gasteiger partial charge in [0.05, 0.1) is 25.4 Å². The first kappa shape index (κ1) is 22.9. The van der Waals surface area contributed by atoms with E-state index in [-0.39, 0.29) is 41.6 Å². The Kier molecular flexibility index (Phi) is 11.3. The van der Waals surface area contributed by atoms with Crippen LogP contribution in [0.25, 0.3) is 0 Å². The van der Waals surface area contributed by atoms with Crippen molar-refractivity contribution in [2.24, 2.45) is 10.4 Å². The molecule has 0 spiro atoms. The monoisotopic (exact) mass is 469 g/mol. The second kappa shape index (κ2) is 12.3. The van der Waals surface area contributed by atoms with Crippen LogP contribution in [-0.2, 0) is 9.47 Å². The minimum atomic E-state index is -0.236. The van der Waals surface area contributed by atoms with Crippen molar-refractivity contribution in [3.05, 3.63) is 0 Å². The van der Waals surface area contributed by atoms with E-state index in [4.69, 9.17) is 14.5 Å². The Morgan fingerprint density at radius 3 is 2.84 bits per heavy atom. The van der Waals surface area contributed by atoms with E-state index in [2.05, 4.69) is 24.5 Å².